The van der Waals surface area contributed by atoms with E-state index in [4.69, 9.17) is 0 Å². The van der Waals surface area contributed by atoms with E-state index in [0.29, 0.717) is 5.92 Å². The summed E-state index contributed by atoms with van der Waals surface area (Å²) in [5.41, 5.74) is 0. The van der Waals surface area contributed by atoms with Crippen molar-refractivity contribution in [1.82, 2.24) is 4.90 Å². The zero-order chi connectivity index (χ0) is 12.4. The van der Waals surface area contributed by atoms with Gasteiger partial charge >= 0.3 is 5.97 Å². The molecule has 1 saturated carbocycles. The van der Waals surface area contributed by atoms with E-state index in [1.165, 1.54) is 19.5 Å². The van der Waals surface area contributed by atoms with Gasteiger partial charge in [-0.3, -0.25) is 4.79 Å². The Morgan fingerprint density at radius 3 is 2.53 bits per heavy atom. The average Bonchev–Trinajstić information content (AvgIpc) is 2.22. The van der Waals surface area contributed by atoms with Gasteiger partial charge in [-0.2, -0.15) is 0 Å². The molecule has 2 atom stereocenters. The summed E-state index contributed by atoms with van der Waals surface area (Å²) in [5, 5.41) is 9.23. The van der Waals surface area contributed by atoms with E-state index in [2.05, 4.69) is 18.7 Å². The van der Waals surface area contributed by atoms with Crippen LogP contribution in [0, 0.1) is 23.7 Å². The highest BCUT2D eigenvalue weighted by molar-refractivity contribution is 5.70. The molecule has 3 nitrogen and oxygen atoms in total. The quantitative estimate of drug-likeness (QED) is 0.819. The zero-order valence-electron chi connectivity index (χ0n) is 11.1. The number of likely N-dealkylation sites (tertiary alicyclic amines) is 1. The molecular weight excluding hydrogens is 214 g/mol. The van der Waals surface area contributed by atoms with Gasteiger partial charge in [0.2, 0.25) is 0 Å². The summed E-state index contributed by atoms with van der Waals surface area (Å²) in [4.78, 5) is 13.7. The van der Waals surface area contributed by atoms with Crippen molar-refractivity contribution in [2.24, 2.45) is 23.7 Å². The number of nitrogens with zero attached hydrogens (tertiary/aromatic N) is 1. The van der Waals surface area contributed by atoms with Crippen LogP contribution in [0.25, 0.3) is 0 Å². The molecule has 2 fully saturated rings. The Bertz CT molecular complexity index is 271. The lowest BCUT2D eigenvalue weighted by Crippen LogP contribution is -2.51. The van der Waals surface area contributed by atoms with Crippen molar-refractivity contribution in [2.75, 3.05) is 19.6 Å². The van der Waals surface area contributed by atoms with E-state index in [1.54, 1.807) is 0 Å². The van der Waals surface area contributed by atoms with Crippen molar-refractivity contribution in [3.63, 3.8) is 0 Å². The molecule has 1 heterocycles. The molecule has 2 aliphatic rings. The van der Waals surface area contributed by atoms with Crippen molar-refractivity contribution in [2.45, 2.75) is 39.5 Å². The molecule has 0 spiro atoms. The van der Waals surface area contributed by atoms with Crippen molar-refractivity contribution in [3.05, 3.63) is 0 Å². The summed E-state index contributed by atoms with van der Waals surface area (Å²) in [5.74, 6) is 1.35. The number of carboxylic acid groups (broad SMARTS) is 1. The molecule has 17 heavy (non-hydrogen) atoms. The second kappa shape index (κ2) is 5.38. The molecule has 0 amide bonds. The Kier molecular flexibility index (Phi) is 4.08. The van der Waals surface area contributed by atoms with E-state index in [0.717, 1.165) is 37.6 Å². The Balaban J connectivity index is 1.80. The summed E-state index contributed by atoms with van der Waals surface area (Å²) in [7, 11) is 0. The molecule has 2 unspecified atom stereocenters. The van der Waals surface area contributed by atoms with Gasteiger partial charge in [-0.25, -0.2) is 0 Å². The lowest BCUT2D eigenvalue weighted by Gasteiger charge is -2.44. The predicted molar refractivity (Wildman–Crippen MR) is 67.9 cm³/mol. The largest absolute Gasteiger partial charge is 0.481 e. The second-order valence-corrected chi connectivity index (χ2v) is 6.21. The third-order valence-corrected chi connectivity index (χ3v) is 4.65. The molecule has 98 valence electrons. The van der Waals surface area contributed by atoms with Gasteiger partial charge in [0, 0.05) is 19.6 Å². The first-order chi connectivity index (χ1) is 8.08. The zero-order valence-corrected chi connectivity index (χ0v) is 11.1. The lowest BCUT2D eigenvalue weighted by atomic mass is 9.77. The van der Waals surface area contributed by atoms with E-state index in [9.17, 15) is 9.90 Å². The molecule has 0 aromatic carbocycles. The summed E-state index contributed by atoms with van der Waals surface area (Å²) >= 11 is 0. The van der Waals surface area contributed by atoms with E-state index < -0.39 is 5.97 Å². The van der Waals surface area contributed by atoms with E-state index in [-0.39, 0.29) is 5.92 Å². The molecule has 3 heteroatoms. The molecule has 0 radical (unpaired) electrons. The van der Waals surface area contributed by atoms with Crippen molar-refractivity contribution >= 4 is 5.97 Å². The third kappa shape index (κ3) is 3.01. The first-order valence-electron chi connectivity index (χ1n) is 7.03. The summed E-state index contributed by atoms with van der Waals surface area (Å²) < 4.78 is 0. The Morgan fingerprint density at radius 1 is 1.29 bits per heavy atom. The van der Waals surface area contributed by atoms with Crippen LogP contribution in [-0.2, 0) is 4.79 Å². The second-order valence-electron chi connectivity index (χ2n) is 6.21. The van der Waals surface area contributed by atoms with Crippen LogP contribution < -0.4 is 0 Å². The van der Waals surface area contributed by atoms with Crippen molar-refractivity contribution < 1.29 is 9.90 Å². The molecule has 0 aromatic heterocycles. The van der Waals surface area contributed by atoms with Crippen LogP contribution in [0.4, 0.5) is 0 Å². The molecule has 1 saturated heterocycles. The first-order valence-corrected chi connectivity index (χ1v) is 7.03. The fourth-order valence-corrected chi connectivity index (χ4v) is 3.26. The Labute approximate surface area is 104 Å². The van der Waals surface area contributed by atoms with Gasteiger partial charge in [0.15, 0.2) is 0 Å². The van der Waals surface area contributed by atoms with Crippen molar-refractivity contribution in [3.8, 4) is 0 Å². The van der Waals surface area contributed by atoms with Gasteiger partial charge in [-0.05, 0) is 30.6 Å². The SMILES string of the molecule is CC(C)C1CN(CC2CCCCC2C(=O)O)C1. The number of aliphatic carboxylic acids is 1. The summed E-state index contributed by atoms with van der Waals surface area (Å²) in [6, 6.07) is 0. The molecular formula is C14H25NO2. The smallest absolute Gasteiger partial charge is 0.306 e. The highest BCUT2D eigenvalue weighted by atomic mass is 16.4. The molecule has 1 aliphatic carbocycles. The minimum Gasteiger partial charge on any atom is -0.481 e. The summed E-state index contributed by atoms with van der Waals surface area (Å²) in [6.07, 6.45) is 4.32. The van der Waals surface area contributed by atoms with Crippen molar-refractivity contribution in [1.29, 1.82) is 0 Å². The number of hydrogen-bond donors (Lipinski definition) is 1. The van der Waals surface area contributed by atoms with Gasteiger partial charge < -0.3 is 10.0 Å². The van der Waals surface area contributed by atoms with Gasteiger partial charge in [0.05, 0.1) is 5.92 Å². The molecule has 1 aliphatic heterocycles. The monoisotopic (exact) mass is 239 g/mol. The highest BCUT2D eigenvalue weighted by Gasteiger charge is 2.36. The maximum Gasteiger partial charge on any atom is 0.306 e. The first kappa shape index (κ1) is 12.9. The van der Waals surface area contributed by atoms with Crippen LogP contribution >= 0.6 is 0 Å². The summed E-state index contributed by atoms with van der Waals surface area (Å²) in [6.45, 7) is 7.94. The van der Waals surface area contributed by atoms with Crippen LogP contribution in [0.15, 0.2) is 0 Å². The highest BCUT2D eigenvalue weighted by Crippen LogP contribution is 2.33. The minimum absolute atomic E-state index is 0.0816. The van der Waals surface area contributed by atoms with E-state index >= 15 is 0 Å². The molecule has 0 aromatic rings. The molecule has 0 bridgehead atoms. The predicted octanol–water partition coefficient (Wildman–Crippen LogP) is 2.47. The normalized spacial score (nSPS) is 31.5. The van der Waals surface area contributed by atoms with Gasteiger partial charge in [-0.15, -0.1) is 0 Å². The van der Waals surface area contributed by atoms with Crippen LogP contribution in [0.5, 0.6) is 0 Å². The van der Waals surface area contributed by atoms with Gasteiger partial charge in [-0.1, -0.05) is 26.7 Å². The fourth-order valence-electron chi connectivity index (χ4n) is 3.26. The Morgan fingerprint density at radius 2 is 1.94 bits per heavy atom. The number of rotatable bonds is 4. The van der Waals surface area contributed by atoms with Crippen LogP contribution in [-0.4, -0.2) is 35.6 Å². The van der Waals surface area contributed by atoms with Gasteiger partial charge in [0.1, 0.15) is 0 Å². The van der Waals surface area contributed by atoms with E-state index in [1.807, 2.05) is 0 Å². The average molecular weight is 239 g/mol. The standard InChI is InChI=1S/C14H25NO2/c1-10(2)12-8-15(9-12)7-11-5-3-4-6-13(11)14(16)17/h10-13H,3-9H2,1-2H3,(H,16,17). The van der Waals surface area contributed by atoms with Gasteiger partial charge in [0.25, 0.3) is 0 Å². The maximum atomic E-state index is 11.2. The lowest BCUT2D eigenvalue weighted by molar-refractivity contribution is -0.145. The Hall–Kier alpha value is -0.570. The molecule has 1 N–H and O–H groups in total. The topological polar surface area (TPSA) is 40.5 Å². The fraction of sp³-hybridized carbons (Fsp3) is 0.929. The van der Waals surface area contributed by atoms with Crippen LogP contribution in [0.3, 0.4) is 0 Å². The third-order valence-electron chi connectivity index (χ3n) is 4.65. The minimum atomic E-state index is -0.573. The number of hydrogen-bond acceptors (Lipinski definition) is 2. The van der Waals surface area contributed by atoms with Crippen LogP contribution in [0.1, 0.15) is 39.5 Å². The maximum absolute atomic E-state index is 11.2. The molecule has 2 rings (SSSR count). The number of carbonyl (C=O) groups is 1. The van der Waals surface area contributed by atoms with Crippen LogP contribution in [0.2, 0.25) is 0 Å². The number of carboxylic acids is 1.